The molecule has 0 unspecified atom stereocenters. The molecule has 3 rings (SSSR count). The molecule has 0 fully saturated rings. The molecule has 0 aliphatic heterocycles. The van der Waals surface area contributed by atoms with Crippen LogP contribution in [-0.4, -0.2) is 15.9 Å². The lowest BCUT2D eigenvalue weighted by Crippen LogP contribution is -1.98. The van der Waals surface area contributed by atoms with Gasteiger partial charge < -0.3 is 14.4 Å². The Balaban J connectivity index is 2.09. The summed E-state index contributed by atoms with van der Waals surface area (Å²) in [6.45, 7) is 2.67. The molecule has 0 atom stereocenters. The van der Waals surface area contributed by atoms with E-state index in [4.69, 9.17) is 0 Å². The number of hydrogen-bond acceptors (Lipinski definition) is 4. The van der Waals surface area contributed by atoms with Gasteiger partial charge in [-0.1, -0.05) is 17.9 Å². The molecule has 1 aromatic heterocycles. The molecule has 5 heteroatoms. The van der Waals surface area contributed by atoms with Gasteiger partial charge in [-0.2, -0.15) is 5.26 Å². The first-order valence-electron chi connectivity index (χ1n) is 7.84. The second-order valence-corrected chi connectivity index (χ2v) is 6.03. The Kier molecular flexibility index (Phi) is 4.88. The van der Waals surface area contributed by atoms with Crippen molar-refractivity contribution in [3.63, 3.8) is 0 Å². The van der Waals surface area contributed by atoms with Crippen molar-refractivity contribution >= 4 is 28.5 Å². The average molecular weight is 347 g/mol. The summed E-state index contributed by atoms with van der Waals surface area (Å²) in [5.74, 6) is 6.46. The van der Waals surface area contributed by atoms with Crippen LogP contribution in [0.2, 0.25) is 0 Å². The van der Waals surface area contributed by atoms with Gasteiger partial charge in [0.25, 0.3) is 0 Å². The van der Waals surface area contributed by atoms with Crippen LogP contribution in [0.3, 0.4) is 0 Å². The third-order valence-electron chi connectivity index (χ3n) is 3.91. The van der Waals surface area contributed by atoms with Crippen LogP contribution >= 0.6 is 11.9 Å². The summed E-state index contributed by atoms with van der Waals surface area (Å²) in [4.78, 5) is 0. The average Bonchev–Trinajstić information content (AvgIpc) is 2.93. The lowest BCUT2D eigenvalue weighted by atomic mass is 10.1. The number of phenols is 1. The van der Waals surface area contributed by atoms with E-state index in [1.807, 2.05) is 42.0 Å². The largest absolute Gasteiger partial charge is 0.508 e. The van der Waals surface area contributed by atoms with Gasteiger partial charge in [0, 0.05) is 35.5 Å². The number of aromatic nitrogens is 1. The third-order valence-corrected chi connectivity index (χ3v) is 4.35. The summed E-state index contributed by atoms with van der Waals surface area (Å²) >= 11 is 1.54. The fourth-order valence-corrected chi connectivity index (χ4v) is 3.15. The highest BCUT2D eigenvalue weighted by molar-refractivity contribution is 7.99. The monoisotopic (exact) mass is 347 g/mol. The predicted octanol–water partition coefficient (Wildman–Crippen LogP) is 4.33. The van der Waals surface area contributed by atoms with Crippen LogP contribution in [0.1, 0.15) is 23.7 Å². The topological polar surface area (TPSA) is 61.0 Å². The van der Waals surface area contributed by atoms with E-state index in [0.717, 1.165) is 22.2 Å². The molecule has 0 amide bonds. The number of aryl methyl sites for hydroxylation is 1. The lowest BCUT2D eigenvalue weighted by molar-refractivity contribution is 0.476. The maximum absolute atomic E-state index is 9.76. The first kappa shape index (κ1) is 16.8. The molecule has 2 N–H and O–H groups in total. The zero-order chi connectivity index (χ0) is 17.8. The number of rotatable bonds is 3. The molecule has 0 spiro atoms. The Morgan fingerprint density at radius 2 is 1.92 bits per heavy atom. The fourth-order valence-electron chi connectivity index (χ4n) is 2.78. The van der Waals surface area contributed by atoms with E-state index in [-0.39, 0.29) is 5.75 Å². The Hall–Kier alpha value is -3.02. The Bertz CT molecular complexity index is 1020. The van der Waals surface area contributed by atoms with E-state index in [9.17, 15) is 10.4 Å². The van der Waals surface area contributed by atoms with Crippen LogP contribution in [-0.2, 0) is 6.54 Å². The van der Waals surface area contributed by atoms with Crippen LogP contribution in [0.25, 0.3) is 10.9 Å². The predicted molar refractivity (Wildman–Crippen MR) is 104 cm³/mol. The van der Waals surface area contributed by atoms with Crippen LogP contribution < -0.4 is 4.72 Å². The maximum atomic E-state index is 9.76. The van der Waals surface area contributed by atoms with Gasteiger partial charge in [0.15, 0.2) is 0 Å². The molecular formula is C20H17N3OS. The van der Waals surface area contributed by atoms with Gasteiger partial charge in [-0.15, -0.1) is 0 Å². The molecule has 0 radical (unpaired) electrons. The number of phenolic OH excluding ortho intramolecular Hbond substituents is 1. The van der Waals surface area contributed by atoms with Gasteiger partial charge in [0.2, 0.25) is 0 Å². The Labute approximate surface area is 151 Å². The number of fused-ring (bicyclic) bond motifs is 1. The van der Waals surface area contributed by atoms with Crippen LogP contribution in [0.5, 0.6) is 5.75 Å². The molecule has 4 nitrogen and oxygen atoms in total. The molecular weight excluding hydrogens is 330 g/mol. The van der Waals surface area contributed by atoms with Gasteiger partial charge >= 0.3 is 0 Å². The van der Waals surface area contributed by atoms with Crippen molar-refractivity contribution in [3.8, 4) is 23.7 Å². The van der Waals surface area contributed by atoms with Crippen molar-refractivity contribution in [2.24, 2.45) is 0 Å². The van der Waals surface area contributed by atoms with E-state index in [1.54, 1.807) is 18.2 Å². The van der Waals surface area contributed by atoms with Crippen LogP contribution in [0.4, 0.5) is 5.69 Å². The van der Waals surface area contributed by atoms with Crippen molar-refractivity contribution < 1.29 is 5.11 Å². The highest BCUT2D eigenvalue weighted by Gasteiger charge is 2.15. The minimum absolute atomic E-state index is 0.181. The van der Waals surface area contributed by atoms with Gasteiger partial charge in [-0.05, 0) is 49.2 Å². The lowest BCUT2D eigenvalue weighted by Gasteiger charge is -2.03. The van der Waals surface area contributed by atoms with Crippen molar-refractivity contribution in [2.45, 2.75) is 13.5 Å². The second kappa shape index (κ2) is 7.25. The summed E-state index contributed by atoms with van der Waals surface area (Å²) in [5, 5.41) is 20.2. The Morgan fingerprint density at radius 3 is 2.56 bits per heavy atom. The molecule has 25 heavy (non-hydrogen) atoms. The number of anilines is 1. The molecule has 0 saturated carbocycles. The van der Waals surface area contributed by atoms with Crippen LogP contribution in [0, 0.1) is 23.2 Å². The summed E-state index contributed by atoms with van der Waals surface area (Å²) in [6.07, 6.45) is 1.97. The molecule has 0 bridgehead atoms. The zero-order valence-corrected chi connectivity index (χ0v) is 14.8. The first-order chi connectivity index (χ1) is 12.2. The number of nitrogens with one attached hydrogen (secondary N) is 1. The number of nitrogens with zero attached hydrogens (tertiary/aromatic N) is 2. The molecule has 124 valence electrons. The van der Waals surface area contributed by atoms with E-state index in [2.05, 4.69) is 22.6 Å². The fraction of sp³-hybridized carbons (Fsp3) is 0.150. The molecule has 0 aliphatic rings. The number of benzene rings is 2. The molecule has 3 aromatic rings. The zero-order valence-electron chi connectivity index (χ0n) is 14.0. The normalized spacial score (nSPS) is 10.1. The highest BCUT2D eigenvalue weighted by atomic mass is 32.2. The number of hydrogen-bond donors (Lipinski definition) is 2. The summed E-state index contributed by atoms with van der Waals surface area (Å²) in [7, 11) is 0. The van der Waals surface area contributed by atoms with E-state index >= 15 is 0 Å². The molecule has 0 aliphatic carbocycles. The Morgan fingerprint density at radius 1 is 1.16 bits per heavy atom. The van der Waals surface area contributed by atoms with Crippen molar-refractivity contribution in [1.82, 2.24) is 4.57 Å². The molecule has 1 heterocycles. The number of nitriles is 1. The van der Waals surface area contributed by atoms with Crippen LogP contribution in [0.15, 0.2) is 42.5 Å². The summed E-state index contributed by atoms with van der Waals surface area (Å²) < 4.78 is 5.13. The molecule has 0 saturated heterocycles. The van der Waals surface area contributed by atoms with Gasteiger partial charge in [-0.25, -0.2) is 0 Å². The standard InChI is InChI=1S/C20H17N3OS/c1-3-23-19(11-6-14-4-7-15(8-5-14)22-25-2)18(13-21)17-10-9-16(24)12-20(17)23/h4-5,7-10,12,22,24H,3H2,1-2H3. The smallest absolute Gasteiger partial charge is 0.117 e. The third kappa shape index (κ3) is 3.28. The van der Waals surface area contributed by atoms with Crippen molar-refractivity contribution in [3.05, 3.63) is 59.3 Å². The van der Waals surface area contributed by atoms with E-state index in [0.29, 0.717) is 17.8 Å². The quantitative estimate of drug-likeness (QED) is 0.547. The van der Waals surface area contributed by atoms with Crippen molar-refractivity contribution in [2.75, 3.05) is 11.0 Å². The minimum atomic E-state index is 0.181. The summed E-state index contributed by atoms with van der Waals surface area (Å²) in [5.41, 5.74) is 3.95. The SMILES string of the molecule is CCn1c(C#Cc2ccc(NSC)cc2)c(C#N)c2ccc(O)cc21. The molecule has 2 aromatic carbocycles. The van der Waals surface area contributed by atoms with Gasteiger partial charge in [-0.3, -0.25) is 0 Å². The maximum Gasteiger partial charge on any atom is 0.117 e. The second-order valence-electron chi connectivity index (χ2n) is 5.41. The highest BCUT2D eigenvalue weighted by Crippen LogP contribution is 2.28. The van der Waals surface area contributed by atoms with Gasteiger partial charge in [0.1, 0.15) is 17.5 Å². The minimum Gasteiger partial charge on any atom is -0.508 e. The van der Waals surface area contributed by atoms with Crippen molar-refractivity contribution in [1.29, 1.82) is 5.26 Å². The first-order valence-corrected chi connectivity index (χ1v) is 9.06. The van der Waals surface area contributed by atoms with E-state index in [1.165, 1.54) is 11.9 Å². The summed E-state index contributed by atoms with van der Waals surface area (Å²) in [6, 6.07) is 15.1. The van der Waals surface area contributed by atoms with Gasteiger partial charge in [0.05, 0.1) is 11.1 Å². The van der Waals surface area contributed by atoms with E-state index < -0.39 is 0 Å². The number of aromatic hydroxyl groups is 1.